The number of hydrogen-bond acceptors (Lipinski definition) is 6. The van der Waals surface area contributed by atoms with Crippen LogP contribution < -0.4 is 15.5 Å². The predicted molar refractivity (Wildman–Crippen MR) is 181 cm³/mol. The number of amides is 1. The first-order chi connectivity index (χ1) is 20.7. The van der Waals surface area contributed by atoms with E-state index in [1.54, 1.807) is 24.3 Å². The monoisotopic (exact) mass is 634 g/mol. The number of Topliss-reactive ketones (excluding diaryl/α,β-unsaturated/α-hetero) is 1. The number of fused-ring (bicyclic) bond motifs is 1. The molecule has 1 aliphatic rings. The van der Waals surface area contributed by atoms with E-state index in [2.05, 4.69) is 27.7 Å². The summed E-state index contributed by atoms with van der Waals surface area (Å²) < 4.78 is 0. The minimum absolute atomic E-state index is 0.0664. The van der Waals surface area contributed by atoms with Crippen LogP contribution in [0.2, 0.25) is 10.0 Å². The van der Waals surface area contributed by atoms with E-state index in [1.807, 2.05) is 56.6 Å². The second-order valence-corrected chi connectivity index (χ2v) is 13.3. The number of pyridine rings is 1. The highest BCUT2D eigenvalue weighted by Crippen LogP contribution is 2.30. The van der Waals surface area contributed by atoms with Gasteiger partial charge in [-0.3, -0.25) is 9.59 Å². The molecule has 6 nitrogen and oxygen atoms in total. The van der Waals surface area contributed by atoms with E-state index in [4.69, 9.17) is 28.2 Å². The molecular formula is C34H36Cl2N4O2S. The maximum Gasteiger partial charge on any atom is 0.233 e. The van der Waals surface area contributed by atoms with Gasteiger partial charge < -0.3 is 15.5 Å². The van der Waals surface area contributed by atoms with Crippen molar-refractivity contribution in [3.63, 3.8) is 0 Å². The van der Waals surface area contributed by atoms with Crippen molar-refractivity contribution in [1.29, 1.82) is 0 Å². The zero-order valence-electron chi connectivity index (χ0n) is 24.4. The zero-order valence-corrected chi connectivity index (χ0v) is 26.7. The second-order valence-electron chi connectivity index (χ2n) is 11.2. The molecule has 0 radical (unpaired) electrons. The van der Waals surface area contributed by atoms with Crippen molar-refractivity contribution in [1.82, 2.24) is 10.3 Å². The molecule has 5 rings (SSSR count). The standard InChI is InChI=1S/C34H36Cl2N4O2S/c1-40(2)30-19-33(39-29-6-4-3-5-28(29)30)37-26-15-17-27(18-16-26)38-34(42)32(43-21-22-7-11-24(35)12-8-22)20-31(41)23-9-13-25(36)14-10-23/h3-14,19,26-27,32H,15-18,20-21H2,1-2H3,(H,37,39)(H,38,42). The number of halogens is 2. The number of hydrogen-bond donors (Lipinski definition) is 2. The highest BCUT2D eigenvalue weighted by molar-refractivity contribution is 7.99. The summed E-state index contributed by atoms with van der Waals surface area (Å²) in [4.78, 5) is 33.6. The summed E-state index contributed by atoms with van der Waals surface area (Å²) in [6.07, 6.45) is 3.67. The first kappa shape index (κ1) is 31.2. The summed E-state index contributed by atoms with van der Waals surface area (Å²) in [6.45, 7) is 0. The number of thioether (sulfide) groups is 1. The third-order valence-corrected chi connectivity index (χ3v) is 9.58. The molecule has 3 aromatic carbocycles. The van der Waals surface area contributed by atoms with Crippen molar-refractivity contribution >= 4 is 69.1 Å². The van der Waals surface area contributed by atoms with Gasteiger partial charge in [0.2, 0.25) is 5.91 Å². The molecule has 224 valence electrons. The van der Waals surface area contributed by atoms with Crippen molar-refractivity contribution in [3.05, 3.63) is 100 Å². The summed E-state index contributed by atoms with van der Waals surface area (Å²) >= 11 is 13.5. The zero-order chi connectivity index (χ0) is 30.3. The van der Waals surface area contributed by atoms with Gasteiger partial charge in [-0.05, 0) is 73.7 Å². The molecule has 1 aromatic heterocycles. The first-order valence-electron chi connectivity index (χ1n) is 14.5. The average molecular weight is 636 g/mol. The lowest BCUT2D eigenvalue weighted by Gasteiger charge is -2.31. The Bertz CT molecular complexity index is 1560. The lowest BCUT2D eigenvalue weighted by molar-refractivity contribution is -0.121. The van der Waals surface area contributed by atoms with Gasteiger partial charge in [0.05, 0.1) is 10.8 Å². The number of aromatic nitrogens is 1. The molecule has 1 aliphatic carbocycles. The quantitative estimate of drug-likeness (QED) is 0.163. The number of ketones is 1. The van der Waals surface area contributed by atoms with Gasteiger partial charge in [-0.2, -0.15) is 0 Å². The van der Waals surface area contributed by atoms with Crippen LogP contribution in [0.4, 0.5) is 11.5 Å². The molecule has 0 saturated heterocycles. The van der Waals surface area contributed by atoms with Gasteiger partial charge >= 0.3 is 0 Å². The minimum atomic E-state index is -0.513. The molecule has 1 fully saturated rings. The van der Waals surface area contributed by atoms with Gasteiger partial charge in [0.1, 0.15) is 5.82 Å². The van der Waals surface area contributed by atoms with Gasteiger partial charge in [0, 0.05) is 71.1 Å². The third-order valence-electron chi connectivity index (χ3n) is 7.80. The summed E-state index contributed by atoms with van der Waals surface area (Å²) in [5.41, 5.74) is 3.70. The van der Waals surface area contributed by atoms with E-state index < -0.39 is 5.25 Å². The summed E-state index contributed by atoms with van der Waals surface area (Å²) in [7, 11) is 4.09. The van der Waals surface area contributed by atoms with E-state index in [0.717, 1.165) is 53.7 Å². The van der Waals surface area contributed by atoms with Crippen LogP contribution in [0.5, 0.6) is 0 Å². The number of rotatable bonds is 11. The number of carbonyl (C=O) groups excluding carboxylic acids is 2. The fourth-order valence-corrected chi connectivity index (χ4v) is 6.74. The predicted octanol–water partition coefficient (Wildman–Crippen LogP) is 8.02. The average Bonchev–Trinajstić information content (AvgIpc) is 3.00. The van der Waals surface area contributed by atoms with E-state index in [1.165, 1.54) is 11.8 Å². The molecule has 43 heavy (non-hydrogen) atoms. The third kappa shape index (κ3) is 8.43. The Kier molecular flexibility index (Phi) is 10.5. The van der Waals surface area contributed by atoms with Gasteiger partial charge in [-0.15, -0.1) is 11.8 Å². The number of para-hydroxylation sites is 1. The molecule has 1 atom stereocenters. The maximum atomic E-state index is 13.5. The van der Waals surface area contributed by atoms with Crippen LogP contribution in [0.15, 0.2) is 78.9 Å². The van der Waals surface area contributed by atoms with E-state index in [9.17, 15) is 9.59 Å². The summed E-state index contributed by atoms with van der Waals surface area (Å²) in [5, 5.41) is 8.75. The molecule has 2 N–H and O–H groups in total. The molecule has 4 aromatic rings. The Balaban J connectivity index is 1.20. The van der Waals surface area contributed by atoms with Crippen molar-refractivity contribution in [2.75, 3.05) is 24.3 Å². The largest absolute Gasteiger partial charge is 0.377 e. The Morgan fingerprint density at radius 2 is 1.53 bits per heavy atom. The highest BCUT2D eigenvalue weighted by atomic mass is 35.5. The highest BCUT2D eigenvalue weighted by Gasteiger charge is 2.28. The van der Waals surface area contributed by atoms with E-state index in [0.29, 0.717) is 21.4 Å². The Labute approximate surface area is 267 Å². The fraction of sp³-hybridized carbons (Fsp3) is 0.324. The number of nitrogens with one attached hydrogen (secondary N) is 2. The second kappa shape index (κ2) is 14.5. The molecule has 1 amide bonds. The lowest BCUT2D eigenvalue weighted by atomic mass is 9.91. The van der Waals surface area contributed by atoms with Crippen LogP contribution >= 0.6 is 35.0 Å². The van der Waals surface area contributed by atoms with Crippen molar-refractivity contribution in [2.45, 2.75) is 55.2 Å². The smallest absolute Gasteiger partial charge is 0.233 e. The van der Waals surface area contributed by atoms with Gasteiger partial charge in [-0.1, -0.05) is 53.5 Å². The van der Waals surface area contributed by atoms with Crippen LogP contribution in [0.3, 0.4) is 0 Å². The topological polar surface area (TPSA) is 74.3 Å². The molecular weight excluding hydrogens is 599 g/mol. The van der Waals surface area contributed by atoms with Gasteiger partial charge in [-0.25, -0.2) is 4.98 Å². The first-order valence-corrected chi connectivity index (χ1v) is 16.3. The molecule has 0 bridgehead atoms. The number of anilines is 2. The summed E-state index contributed by atoms with van der Waals surface area (Å²) in [6, 6.07) is 25.0. The molecule has 0 aliphatic heterocycles. The minimum Gasteiger partial charge on any atom is -0.377 e. The van der Waals surface area contributed by atoms with Gasteiger partial charge in [0.15, 0.2) is 5.78 Å². The van der Waals surface area contributed by atoms with Gasteiger partial charge in [0.25, 0.3) is 0 Å². The molecule has 1 unspecified atom stereocenters. The summed E-state index contributed by atoms with van der Waals surface area (Å²) in [5.74, 6) is 1.31. The van der Waals surface area contributed by atoms with Crippen LogP contribution in [-0.2, 0) is 10.5 Å². The SMILES string of the molecule is CN(C)c1cc(NC2CCC(NC(=O)C(CC(=O)c3ccc(Cl)cc3)SCc3ccc(Cl)cc3)CC2)nc2ccccc12. The Morgan fingerprint density at radius 3 is 2.21 bits per heavy atom. The normalized spacial score (nSPS) is 17.3. The van der Waals surface area contributed by atoms with E-state index >= 15 is 0 Å². The molecule has 1 saturated carbocycles. The number of benzene rings is 3. The molecule has 9 heteroatoms. The van der Waals surface area contributed by atoms with Crippen molar-refractivity contribution < 1.29 is 9.59 Å². The molecule has 1 heterocycles. The number of carbonyl (C=O) groups is 2. The van der Waals surface area contributed by atoms with Crippen molar-refractivity contribution in [3.8, 4) is 0 Å². The van der Waals surface area contributed by atoms with Crippen LogP contribution in [0.25, 0.3) is 10.9 Å². The Morgan fingerprint density at radius 1 is 0.907 bits per heavy atom. The van der Waals surface area contributed by atoms with E-state index in [-0.39, 0.29) is 30.2 Å². The lowest BCUT2D eigenvalue weighted by Crippen LogP contribution is -2.44. The fourth-order valence-electron chi connectivity index (χ4n) is 5.41. The van der Waals surface area contributed by atoms with Crippen LogP contribution in [-0.4, -0.2) is 48.1 Å². The number of nitrogens with zero attached hydrogens (tertiary/aromatic N) is 2. The Hall–Kier alpha value is -3.26. The van der Waals surface area contributed by atoms with Crippen LogP contribution in [0.1, 0.15) is 48.0 Å². The van der Waals surface area contributed by atoms with Crippen molar-refractivity contribution in [2.24, 2.45) is 0 Å². The van der Waals surface area contributed by atoms with Crippen LogP contribution in [0, 0.1) is 0 Å². The maximum absolute atomic E-state index is 13.5. The molecule has 0 spiro atoms.